The van der Waals surface area contributed by atoms with Gasteiger partial charge in [0.2, 0.25) is 0 Å². The first kappa shape index (κ1) is 92.5. The average Bonchev–Trinajstić information content (AvgIpc) is 0.759. The van der Waals surface area contributed by atoms with Crippen LogP contribution in [0.5, 0.6) is 0 Å². The molecule has 25 heteroatoms. The fourth-order valence-corrected chi connectivity index (χ4v) is 17.3. The lowest BCUT2D eigenvalue weighted by Crippen LogP contribution is -2.68. The molecule has 10 aromatic rings. The maximum Gasteiger partial charge on any atom is 0.310 e. The van der Waals surface area contributed by atoms with Gasteiger partial charge in [0.15, 0.2) is 49.6 Å². The summed E-state index contributed by atoms with van der Waals surface area (Å²) in [5.74, 6) is -3.05. The number of benzene rings is 10. The molecule has 130 heavy (non-hydrogen) atoms. The molecular formula is C105H104N4O21. The van der Waals surface area contributed by atoms with Crippen molar-refractivity contribution in [3.8, 4) is 24.3 Å². The summed E-state index contributed by atoms with van der Waals surface area (Å²) >= 11 is 0. The van der Waals surface area contributed by atoms with Crippen LogP contribution in [0.25, 0.3) is 10.8 Å². The van der Waals surface area contributed by atoms with Crippen molar-refractivity contribution in [2.24, 2.45) is 0 Å². The molecule has 670 valence electrons. The van der Waals surface area contributed by atoms with Crippen molar-refractivity contribution in [2.75, 3.05) is 0 Å². The van der Waals surface area contributed by atoms with Gasteiger partial charge in [0.25, 0.3) is 0 Å². The van der Waals surface area contributed by atoms with Crippen LogP contribution in [0.1, 0.15) is 132 Å². The number of ether oxygens (including phenoxy) is 17. The van der Waals surface area contributed by atoms with Gasteiger partial charge in [0.05, 0.1) is 136 Å². The molecule has 0 radical (unpaired) electrons. The molecule has 0 aromatic heterocycles. The Morgan fingerprint density at radius 2 is 0.538 bits per heavy atom. The molecule has 1 saturated carbocycles. The van der Waals surface area contributed by atoms with E-state index >= 15 is 9.59 Å². The molecule has 4 saturated heterocycles. The van der Waals surface area contributed by atoms with E-state index in [-0.39, 0.29) is 74.2 Å². The van der Waals surface area contributed by atoms with Gasteiger partial charge in [-0.15, -0.1) is 0 Å². The highest BCUT2D eigenvalue weighted by molar-refractivity contribution is 5.83. The van der Waals surface area contributed by atoms with Gasteiger partial charge in [-0.2, -0.15) is 21.0 Å². The molecule has 0 spiro atoms. The molecule has 25 nitrogen and oxygen atoms in total. The first-order valence-corrected chi connectivity index (χ1v) is 44.2. The zero-order valence-electron chi connectivity index (χ0n) is 72.7. The van der Waals surface area contributed by atoms with E-state index in [2.05, 4.69) is 24.3 Å². The minimum absolute atomic E-state index is 0.00983. The third-order valence-electron chi connectivity index (χ3n) is 24.0. The first-order chi connectivity index (χ1) is 63.5. The lowest BCUT2D eigenvalue weighted by molar-refractivity contribution is -0.396. The SMILES string of the molecule is C[C@H]1O[C@@H](O[C@@H]2[C@H](OCc3ccccc3)[C@H](O[C@@H]3[C@H](OCc4ccccc4)[C@H](O[C@@H]4[C@H](OCc5ccccc5)[C@H](OC5CCCCC5)O[C@H](C)[C@H]4OC(=O)Cc4ccccc4C#N)O[C@H](C)[C@H]3OC(=O)Cc3ccccc3C#N)O[C@H](C)[C@H]2OC(=O)Cc2ccccc2C#N)[C@@H](OCc2ccccc2)[C@@H](OCc2ccc3ccccc3c2)[C@@H]1OC(=O)Cc1ccccc1C#N. The normalized spacial score (nSPS) is 26.2. The number of carbonyl (C=O) groups excluding carboxylic acids is 4. The van der Waals surface area contributed by atoms with Gasteiger partial charge in [-0.25, -0.2) is 0 Å². The second-order valence-corrected chi connectivity index (χ2v) is 33.1. The van der Waals surface area contributed by atoms with E-state index in [1.165, 1.54) is 0 Å². The van der Waals surface area contributed by atoms with Crippen molar-refractivity contribution in [2.45, 2.75) is 247 Å². The minimum Gasteiger partial charge on any atom is -0.456 e. The zero-order valence-corrected chi connectivity index (χ0v) is 72.7. The highest BCUT2D eigenvalue weighted by Crippen LogP contribution is 2.42. The van der Waals surface area contributed by atoms with Crippen molar-refractivity contribution in [1.82, 2.24) is 0 Å². The maximum atomic E-state index is 15.3. The number of carbonyl (C=O) groups is 4. The second-order valence-electron chi connectivity index (χ2n) is 33.1. The lowest BCUT2D eigenvalue weighted by atomic mass is 9.94. The molecule has 0 unspecified atom stereocenters. The summed E-state index contributed by atoms with van der Waals surface area (Å²) < 4.78 is 122. The Kier molecular flexibility index (Phi) is 32.3. The molecule has 4 heterocycles. The Hall–Kier alpha value is -12.2. The summed E-state index contributed by atoms with van der Waals surface area (Å²) in [6.07, 6.45) is -25.3. The number of esters is 4. The molecular weight excluding hydrogens is 1650 g/mol. The van der Waals surface area contributed by atoms with Gasteiger partial charge in [-0.1, -0.05) is 250 Å². The van der Waals surface area contributed by atoms with E-state index in [0.717, 1.165) is 59.6 Å². The van der Waals surface area contributed by atoms with Gasteiger partial charge in [0, 0.05) is 0 Å². The van der Waals surface area contributed by atoms with E-state index in [4.69, 9.17) is 80.5 Å². The molecule has 1 aliphatic carbocycles. The van der Waals surface area contributed by atoms with Crippen molar-refractivity contribution in [3.63, 3.8) is 0 Å². The van der Waals surface area contributed by atoms with Gasteiger partial charge in [0.1, 0.15) is 48.8 Å². The number of hydrogen-bond donors (Lipinski definition) is 0. The fraction of sp³-hybridized carbons (Fsp3) is 0.371. The molecule has 15 rings (SSSR count). The van der Waals surface area contributed by atoms with Crippen molar-refractivity contribution in [3.05, 3.63) is 333 Å². The largest absolute Gasteiger partial charge is 0.456 e. The smallest absolute Gasteiger partial charge is 0.310 e. The second kappa shape index (κ2) is 45.4. The van der Waals surface area contributed by atoms with Crippen LogP contribution in [0.3, 0.4) is 0 Å². The predicted octanol–water partition coefficient (Wildman–Crippen LogP) is 15.7. The maximum absolute atomic E-state index is 15.3. The van der Waals surface area contributed by atoms with Gasteiger partial charge >= 0.3 is 23.9 Å². The molecule has 4 aliphatic heterocycles. The number of nitrogens with zero attached hydrogens (tertiary/aromatic N) is 4. The molecule has 0 amide bonds. The van der Waals surface area contributed by atoms with Crippen LogP contribution in [-0.4, -0.2) is 153 Å². The molecule has 5 fully saturated rings. The summed E-state index contributed by atoms with van der Waals surface area (Å²) in [6, 6.07) is 86.7. The summed E-state index contributed by atoms with van der Waals surface area (Å²) in [5, 5.41) is 43.3. The number of rotatable bonds is 35. The minimum atomic E-state index is -1.73. The van der Waals surface area contributed by atoms with E-state index in [1.54, 1.807) is 125 Å². The van der Waals surface area contributed by atoms with Crippen LogP contribution >= 0.6 is 0 Å². The number of hydrogen-bond acceptors (Lipinski definition) is 25. The predicted molar refractivity (Wildman–Crippen MR) is 471 cm³/mol. The standard InChI is InChI=1S/C105H104N4O21/c1-66-90(124-86(110)53-77-40-22-26-44-81(77)57-106)94(114-65-74-50-51-75-38-20-21-39-76(75)52-74)98(115-61-70-30-10-5-11-31-70)103(120-66)128-96-92(126-88(112)55-79-42-24-28-46-83(79)59-108)68(3)122-105(100(96)117-63-72-34-14-7-15-35-72)130-97-93(127-89(113)56-80-43-25-29-47-84(80)60-109)69(4)121-104(101(97)118-64-73-36-16-8-17-37-73)129-95-91(125-87(111)54-78-41-23-27-45-82(78)58-107)67(2)119-102(123-85-48-18-9-19-49-85)99(95)116-62-71-32-12-6-13-33-71/h5-8,10-17,20-47,50-52,66-69,85,90-105H,9,18-19,48-49,53-56,61-65H2,1-4H3/t66-,67-,68-,69-,90-,91-,92-,93-,94+,95+,96+,97+,98+,99+,100+,101+,102+,103+,104+,105+/m1/s1. The van der Waals surface area contributed by atoms with Crippen LogP contribution in [0.4, 0.5) is 0 Å². The Morgan fingerprint density at radius 1 is 0.277 bits per heavy atom. The molecule has 5 aliphatic rings. The zero-order chi connectivity index (χ0) is 90.2. The van der Waals surface area contributed by atoms with Crippen LogP contribution in [-0.2, 0) is 158 Å². The van der Waals surface area contributed by atoms with Crippen molar-refractivity contribution >= 4 is 34.6 Å². The van der Waals surface area contributed by atoms with E-state index in [0.29, 0.717) is 33.4 Å². The monoisotopic (exact) mass is 1760 g/mol. The van der Waals surface area contributed by atoms with E-state index in [9.17, 15) is 30.6 Å². The van der Waals surface area contributed by atoms with Gasteiger partial charge in [-0.3, -0.25) is 19.2 Å². The van der Waals surface area contributed by atoms with Crippen LogP contribution in [0.15, 0.2) is 261 Å². The van der Waals surface area contributed by atoms with Gasteiger partial charge < -0.3 is 80.5 Å². The van der Waals surface area contributed by atoms with Crippen molar-refractivity contribution in [1.29, 1.82) is 21.0 Å². The summed E-state index contributed by atoms with van der Waals surface area (Å²) in [4.78, 5) is 60.3. The van der Waals surface area contributed by atoms with Crippen LogP contribution in [0.2, 0.25) is 0 Å². The van der Waals surface area contributed by atoms with Crippen molar-refractivity contribution < 1.29 is 99.7 Å². The molecule has 10 aromatic carbocycles. The highest BCUT2D eigenvalue weighted by Gasteiger charge is 2.60. The Labute approximate surface area is 756 Å². The topological polar surface area (TPSA) is 320 Å². The Morgan fingerprint density at radius 3 is 0.862 bits per heavy atom. The molecule has 0 N–H and O–H groups in total. The Balaban J connectivity index is 0.872. The first-order valence-electron chi connectivity index (χ1n) is 44.2. The highest BCUT2D eigenvalue weighted by atomic mass is 16.8. The fourth-order valence-electron chi connectivity index (χ4n) is 17.3. The summed E-state index contributed by atoms with van der Waals surface area (Å²) in [5.41, 5.74) is 6.15. The third kappa shape index (κ3) is 23.9. The summed E-state index contributed by atoms with van der Waals surface area (Å²) in [7, 11) is 0. The van der Waals surface area contributed by atoms with E-state index < -0.39 is 160 Å². The Bertz CT molecular complexity index is 5610. The average molecular weight is 1760 g/mol. The van der Waals surface area contributed by atoms with E-state index in [1.807, 2.05) is 164 Å². The third-order valence-corrected chi connectivity index (χ3v) is 24.0. The van der Waals surface area contributed by atoms with Crippen LogP contribution < -0.4 is 0 Å². The molecule has 20 atom stereocenters. The molecule has 0 bridgehead atoms. The van der Waals surface area contributed by atoms with Crippen LogP contribution in [0, 0.1) is 45.3 Å². The summed E-state index contributed by atoms with van der Waals surface area (Å²) in [6.45, 7) is 6.24. The quantitative estimate of drug-likeness (QED) is 0.0263. The van der Waals surface area contributed by atoms with Gasteiger partial charge in [-0.05, 0) is 132 Å². The number of fused-ring (bicyclic) bond motifs is 1. The lowest BCUT2D eigenvalue weighted by Gasteiger charge is -2.52. The number of nitriles is 4.